The lowest BCUT2D eigenvalue weighted by atomic mass is 9.92. The molecule has 4 rings (SSSR count). The number of benzene rings is 4. The van der Waals surface area contributed by atoms with E-state index < -0.39 is 0 Å². The van der Waals surface area contributed by atoms with Crippen LogP contribution in [0.25, 0.3) is 11.1 Å². The zero-order chi connectivity index (χ0) is 20.9. The van der Waals surface area contributed by atoms with Crippen molar-refractivity contribution in [2.75, 3.05) is 5.32 Å². The van der Waals surface area contributed by atoms with Gasteiger partial charge >= 0.3 is 0 Å². The molecule has 30 heavy (non-hydrogen) atoms. The standard InChI is InChI=1S/C28H28N2/c1-20-17-21(2)19-24(18-20)25-15-9-10-16-26(25)30-28(23-13-7-4-8-14-23)27(29)22-11-5-3-6-12-22/h3-19,27-28,30H,29H2,1-2H3/t27-,28-/m0/s1. The highest BCUT2D eigenvalue weighted by molar-refractivity contribution is 5.79. The largest absolute Gasteiger partial charge is 0.376 e. The minimum Gasteiger partial charge on any atom is -0.376 e. The highest BCUT2D eigenvalue weighted by Gasteiger charge is 2.22. The third-order valence-electron chi connectivity index (χ3n) is 5.47. The van der Waals surface area contributed by atoms with Crippen LogP contribution in [0.15, 0.2) is 103 Å². The third kappa shape index (κ3) is 4.45. The average molecular weight is 393 g/mol. The van der Waals surface area contributed by atoms with Crippen LogP contribution < -0.4 is 11.1 Å². The Morgan fingerprint density at radius 3 is 1.80 bits per heavy atom. The monoisotopic (exact) mass is 392 g/mol. The number of hydrogen-bond donors (Lipinski definition) is 2. The lowest BCUT2D eigenvalue weighted by Gasteiger charge is -2.28. The molecule has 4 aromatic carbocycles. The van der Waals surface area contributed by atoms with Crippen LogP contribution in [0.1, 0.15) is 34.3 Å². The molecule has 0 spiro atoms. The van der Waals surface area contributed by atoms with Crippen molar-refractivity contribution in [1.82, 2.24) is 0 Å². The van der Waals surface area contributed by atoms with E-state index in [1.54, 1.807) is 0 Å². The Hall–Kier alpha value is -3.36. The van der Waals surface area contributed by atoms with Crippen molar-refractivity contribution in [1.29, 1.82) is 0 Å². The number of hydrogen-bond acceptors (Lipinski definition) is 2. The highest BCUT2D eigenvalue weighted by atomic mass is 15.0. The van der Waals surface area contributed by atoms with Gasteiger partial charge in [0.05, 0.1) is 12.1 Å². The average Bonchev–Trinajstić information content (AvgIpc) is 2.78. The van der Waals surface area contributed by atoms with Gasteiger partial charge in [0.15, 0.2) is 0 Å². The molecule has 4 aromatic rings. The summed E-state index contributed by atoms with van der Waals surface area (Å²) in [5.74, 6) is 0. The van der Waals surface area contributed by atoms with Crippen molar-refractivity contribution >= 4 is 5.69 Å². The lowest BCUT2D eigenvalue weighted by molar-refractivity contribution is 0.610. The molecule has 0 unspecified atom stereocenters. The molecule has 2 heteroatoms. The summed E-state index contributed by atoms with van der Waals surface area (Å²) in [5, 5.41) is 3.77. The topological polar surface area (TPSA) is 38.0 Å². The summed E-state index contributed by atoms with van der Waals surface area (Å²) in [6, 6.07) is 35.7. The molecule has 0 heterocycles. The maximum Gasteiger partial charge on any atom is 0.0706 e. The molecule has 3 N–H and O–H groups in total. The van der Waals surface area contributed by atoms with Gasteiger partial charge < -0.3 is 11.1 Å². The molecule has 0 aliphatic heterocycles. The second kappa shape index (κ2) is 8.98. The Labute approximate surface area is 179 Å². The summed E-state index contributed by atoms with van der Waals surface area (Å²) in [7, 11) is 0. The summed E-state index contributed by atoms with van der Waals surface area (Å²) in [5.41, 5.74) is 15.1. The van der Waals surface area contributed by atoms with Gasteiger partial charge in [-0.05, 0) is 36.6 Å². The molecule has 0 radical (unpaired) electrons. The zero-order valence-corrected chi connectivity index (χ0v) is 17.5. The molecule has 0 amide bonds. The fourth-order valence-electron chi connectivity index (χ4n) is 4.07. The van der Waals surface area contributed by atoms with E-state index in [0.29, 0.717) is 0 Å². The summed E-state index contributed by atoms with van der Waals surface area (Å²) in [6.45, 7) is 4.29. The van der Waals surface area contributed by atoms with Crippen molar-refractivity contribution in [2.24, 2.45) is 5.73 Å². The predicted molar refractivity (Wildman–Crippen MR) is 128 cm³/mol. The van der Waals surface area contributed by atoms with Gasteiger partial charge in [-0.25, -0.2) is 0 Å². The van der Waals surface area contributed by atoms with Crippen LogP contribution in [0, 0.1) is 13.8 Å². The number of aryl methyl sites for hydroxylation is 2. The molecule has 150 valence electrons. The van der Waals surface area contributed by atoms with Gasteiger partial charge in [-0.2, -0.15) is 0 Å². The lowest BCUT2D eigenvalue weighted by Crippen LogP contribution is -2.26. The highest BCUT2D eigenvalue weighted by Crippen LogP contribution is 2.35. The molecule has 0 saturated heterocycles. The minimum atomic E-state index is -0.180. The summed E-state index contributed by atoms with van der Waals surface area (Å²) < 4.78 is 0. The van der Waals surface area contributed by atoms with Crippen molar-refractivity contribution in [3.8, 4) is 11.1 Å². The zero-order valence-electron chi connectivity index (χ0n) is 17.5. The number of anilines is 1. The first-order valence-electron chi connectivity index (χ1n) is 10.4. The minimum absolute atomic E-state index is 0.0549. The molecule has 2 atom stereocenters. The van der Waals surface area contributed by atoms with Crippen LogP contribution in [-0.4, -0.2) is 0 Å². The Balaban J connectivity index is 1.76. The fraction of sp³-hybridized carbons (Fsp3) is 0.143. The summed E-state index contributed by atoms with van der Waals surface area (Å²) >= 11 is 0. The maximum atomic E-state index is 6.79. The second-order valence-corrected chi connectivity index (χ2v) is 7.89. The van der Waals surface area contributed by atoms with Crippen molar-refractivity contribution in [3.05, 3.63) is 125 Å². The predicted octanol–water partition coefficient (Wildman–Crippen LogP) is 6.82. The third-order valence-corrected chi connectivity index (χ3v) is 5.47. The van der Waals surface area contributed by atoms with E-state index in [4.69, 9.17) is 5.73 Å². The SMILES string of the molecule is Cc1cc(C)cc(-c2ccccc2N[C@@H](c2ccccc2)[C@@H](N)c2ccccc2)c1. The van der Waals surface area contributed by atoms with Crippen LogP contribution >= 0.6 is 0 Å². The Morgan fingerprint density at radius 1 is 0.633 bits per heavy atom. The van der Waals surface area contributed by atoms with Crippen LogP contribution in [0.2, 0.25) is 0 Å². The van der Waals surface area contributed by atoms with Crippen molar-refractivity contribution in [3.63, 3.8) is 0 Å². The number of para-hydroxylation sites is 1. The van der Waals surface area contributed by atoms with Gasteiger partial charge in [0.25, 0.3) is 0 Å². The van der Waals surface area contributed by atoms with Crippen LogP contribution in [0.5, 0.6) is 0 Å². The first-order valence-corrected chi connectivity index (χ1v) is 10.4. The number of rotatable bonds is 6. The van der Waals surface area contributed by atoms with Crippen LogP contribution in [-0.2, 0) is 0 Å². The van der Waals surface area contributed by atoms with Gasteiger partial charge in [-0.15, -0.1) is 0 Å². The molecule has 2 nitrogen and oxygen atoms in total. The quantitative estimate of drug-likeness (QED) is 0.378. The Bertz CT molecular complexity index is 1080. The Kier molecular flexibility index (Phi) is 5.97. The van der Waals surface area contributed by atoms with Gasteiger partial charge in [0.2, 0.25) is 0 Å². The number of nitrogens with two attached hydrogens (primary N) is 1. The maximum absolute atomic E-state index is 6.79. The van der Waals surface area contributed by atoms with E-state index in [2.05, 4.69) is 98.0 Å². The number of nitrogens with one attached hydrogen (secondary N) is 1. The van der Waals surface area contributed by atoms with Gasteiger partial charge in [-0.3, -0.25) is 0 Å². The van der Waals surface area contributed by atoms with E-state index in [1.807, 2.05) is 24.3 Å². The van der Waals surface area contributed by atoms with E-state index in [0.717, 1.165) is 11.3 Å². The van der Waals surface area contributed by atoms with Gasteiger partial charge in [0.1, 0.15) is 0 Å². The fourth-order valence-corrected chi connectivity index (χ4v) is 4.07. The molecule has 0 aliphatic rings. The summed E-state index contributed by atoms with van der Waals surface area (Å²) in [4.78, 5) is 0. The molecular weight excluding hydrogens is 364 g/mol. The molecule has 0 saturated carbocycles. The first-order chi connectivity index (χ1) is 14.6. The molecule has 0 aromatic heterocycles. The van der Waals surface area contributed by atoms with Crippen molar-refractivity contribution < 1.29 is 0 Å². The molecule has 0 aliphatic carbocycles. The Morgan fingerprint density at radius 2 is 1.17 bits per heavy atom. The van der Waals surface area contributed by atoms with Crippen molar-refractivity contribution in [2.45, 2.75) is 25.9 Å². The van der Waals surface area contributed by atoms with E-state index in [-0.39, 0.29) is 12.1 Å². The van der Waals surface area contributed by atoms with Gasteiger partial charge in [0, 0.05) is 11.3 Å². The van der Waals surface area contributed by atoms with Crippen LogP contribution in [0.4, 0.5) is 5.69 Å². The molecule has 0 bridgehead atoms. The normalized spacial score (nSPS) is 12.9. The molecule has 0 fully saturated rings. The first kappa shape index (κ1) is 19.9. The summed E-state index contributed by atoms with van der Waals surface area (Å²) in [6.07, 6.45) is 0. The second-order valence-electron chi connectivity index (χ2n) is 7.89. The smallest absolute Gasteiger partial charge is 0.0706 e. The van der Waals surface area contributed by atoms with E-state index in [1.165, 1.54) is 27.8 Å². The van der Waals surface area contributed by atoms with Crippen LogP contribution in [0.3, 0.4) is 0 Å². The van der Waals surface area contributed by atoms with Gasteiger partial charge in [-0.1, -0.05) is 108 Å². The molecular formula is C28H28N2. The van der Waals surface area contributed by atoms with E-state index in [9.17, 15) is 0 Å². The van der Waals surface area contributed by atoms with E-state index >= 15 is 0 Å².